The van der Waals surface area contributed by atoms with Crippen LogP contribution in [0.1, 0.15) is 33.6 Å². The first-order valence-electron chi connectivity index (χ1n) is 5.56. The monoisotopic (exact) mass is 199 g/mol. The van der Waals surface area contributed by atoms with Gasteiger partial charge in [0.15, 0.2) is 0 Å². The van der Waals surface area contributed by atoms with Crippen molar-refractivity contribution in [3.63, 3.8) is 0 Å². The molecule has 2 unspecified atom stereocenters. The van der Waals surface area contributed by atoms with Crippen LogP contribution in [0, 0.1) is 11.8 Å². The second-order valence-corrected chi connectivity index (χ2v) is 4.40. The first-order valence-corrected chi connectivity index (χ1v) is 5.56. The lowest BCUT2D eigenvalue weighted by Crippen LogP contribution is -2.56. The topological polar surface area (TPSA) is 40.5 Å². The van der Waals surface area contributed by atoms with Crippen LogP contribution in [0.5, 0.6) is 0 Å². The molecule has 82 valence electrons. The van der Waals surface area contributed by atoms with Gasteiger partial charge in [0.2, 0.25) is 0 Å². The van der Waals surface area contributed by atoms with Crippen LogP contribution in [0.4, 0.5) is 0 Å². The largest absolute Gasteiger partial charge is 0.480 e. The molecule has 0 saturated carbocycles. The fraction of sp³-hybridized carbons (Fsp3) is 0.909. The Morgan fingerprint density at radius 1 is 1.50 bits per heavy atom. The van der Waals surface area contributed by atoms with Gasteiger partial charge in [-0.15, -0.1) is 0 Å². The lowest BCUT2D eigenvalue weighted by molar-refractivity contribution is -0.149. The van der Waals surface area contributed by atoms with E-state index in [4.69, 9.17) is 5.11 Å². The minimum atomic E-state index is -0.658. The highest BCUT2D eigenvalue weighted by Crippen LogP contribution is 2.26. The summed E-state index contributed by atoms with van der Waals surface area (Å²) in [6.07, 6.45) is 2.10. The van der Waals surface area contributed by atoms with Gasteiger partial charge in [-0.25, -0.2) is 0 Å². The minimum Gasteiger partial charge on any atom is -0.480 e. The average molecular weight is 199 g/mol. The highest BCUT2D eigenvalue weighted by molar-refractivity contribution is 5.74. The van der Waals surface area contributed by atoms with Gasteiger partial charge in [0, 0.05) is 13.1 Å². The fourth-order valence-corrected chi connectivity index (χ4v) is 2.08. The van der Waals surface area contributed by atoms with E-state index in [0.29, 0.717) is 0 Å². The maximum Gasteiger partial charge on any atom is 0.321 e. The van der Waals surface area contributed by atoms with Gasteiger partial charge >= 0.3 is 5.97 Å². The van der Waals surface area contributed by atoms with E-state index < -0.39 is 5.97 Å². The Balaban J connectivity index is 2.49. The molecule has 0 aromatic rings. The molecule has 0 aromatic carbocycles. The summed E-state index contributed by atoms with van der Waals surface area (Å²) in [4.78, 5) is 13.2. The van der Waals surface area contributed by atoms with Crippen LogP contribution in [-0.4, -0.2) is 35.1 Å². The molecule has 3 nitrogen and oxygen atoms in total. The summed E-state index contributed by atoms with van der Waals surface area (Å²) < 4.78 is 0. The third-order valence-corrected chi connectivity index (χ3v) is 3.39. The van der Waals surface area contributed by atoms with E-state index in [1.54, 1.807) is 0 Å². The molecule has 1 N–H and O–H groups in total. The molecule has 3 heteroatoms. The smallest absolute Gasteiger partial charge is 0.321 e. The fourth-order valence-electron chi connectivity index (χ4n) is 2.08. The number of carboxylic acids is 1. The molecule has 1 aliphatic rings. The number of carbonyl (C=O) groups is 1. The molecule has 0 aliphatic carbocycles. The second kappa shape index (κ2) is 4.78. The summed E-state index contributed by atoms with van der Waals surface area (Å²) in [6.45, 7) is 8.19. The van der Waals surface area contributed by atoms with Crippen LogP contribution in [0.25, 0.3) is 0 Å². The van der Waals surface area contributed by atoms with Crippen LogP contribution in [-0.2, 0) is 4.79 Å². The molecular formula is C11H21NO2. The molecule has 0 amide bonds. The molecule has 2 atom stereocenters. The van der Waals surface area contributed by atoms with E-state index in [0.717, 1.165) is 25.4 Å². The molecule has 1 saturated heterocycles. The van der Waals surface area contributed by atoms with Crippen LogP contribution in [0.15, 0.2) is 0 Å². The zero-order valence-electron chi connectivity index (χ0n) is 9.36. The molecule has 14 heavy (non-hydrogen) atoms. The Hall–Kier alpha value is -0.570. The normalized spacial score (nSPS) is 22.8. The quantitative estimate of drug-likeness (QED) is 0.734. The van der Waals surface area contributed by atoms with E-state index >= 15 is 0 Å². The van der Waals surface area contributed by atoms with Crippen LogP contribution < -0.4 is 0 Å². The van der Waals surface area contributed by atoms with E-state index in [2.05, 4.69) is 18.7 Å². The Morgan fingerprint density at radius 3 is 2.43 bits per heavy atom. The first-order chi connectivity index (χ1) is 6.60. The van der Waals surface area contributed by atoms with Gasteiger partial charge in [-0.05, 0) is 11.8 Å². The van der Waals surface area contributed by atoms with E-state index in [9.17, 15) is 4.79 Å². The van der Waals surface area contributed by atoms with Crippen LogP contribution >= 0.6 is 0 Å². The number of aliphatic carboxylic acids is 1. The Bertz CT molecular complexity index is 199. The molecule has 0 spiro atoms. The molecule has 1 heterocycles. The van der Waals surface area contributed by atoms with Crippen molar-refractivity contribution in [2.75, 3.05) is 13.1 Å². The van der Waals surface area contributed by atoms with Gasteiger partial charge < -0.3 is 5.11 Å². The van der Waals surface area contributed by atoms with Crippen LogP contribution in [0.3, 0.4) is 0 Å². The first kappa shape index (κ1) is 11.5. The standard InChI is InChI=1S/C11H21NO2/c1-4-8(3)10(11(13)14)12-6-9(5-2)7-12/h8-10H,4-7H2,1-3H3,(H,13,14). The highest BCUT2D eigenvalue weighted by Gasteiger charge is 2.37. The van der Waals surface area contributed by atoms with Crippen molar-refractivity contribution in [2.24, 2.45) is 11.8 Å². The molecule has 0 bridgehead atoms. The van der Waals surface area contributed by atoms with Gasteiger partial charge in [0.05, 0.1) is 0 Å². The molecule has 0 radical (unpaired) electrons. The summed E-state index contributed by atoms with van der Waals surface area (Å²) >= 11 is 0. The van der Waals surface area contributed by atoms with Crippen molar-refractivity contribution in [3.8, 4) is 0 Å². The SMILES string of the molecule is CCC1CN(C(C(=O)O)C(C)CC)C1. The van der Waals surface area contributed by atoms with Crippen molar-refractivity contribution in [1.82, 2.24) is 4.90 Å². The summed E-state index contributed by atoms with van der Waals surface area (Å²) in [6, 6.07) is -0.261. The summed E-state index contributed by atoms with van der Waals surface area (Å²) in [5, 5.41) is 9.13. The number of carboxylic acid groups (broad SMARTS) is 1. The van der Waals surface area contributed by atoms with Crippen molar-refractivity contribution < 1.29 is 9.90 Å². The lowest BCUT2D eigenvalue weighted by Gasteiger charge is -2.44. The molecule has 0 aromatic heterocycles. The number of rotatable bonds is 5. The Kier molecular flexibility index (Phi) is 3.93. The third-order valence-electron chi connectivity index (χ3n) is 3.39. The van der Waals surface area contributed by atoms with Crippen molar-refractivity contribution in [3.05, 3.63) is 0 Å². The van der Waals surface area contributed by atoms with Crippen molar-refractivity contribution >= 4 is 5.97 Å². The van der Waals surface area contributed by atoms with E-state index in [1.165, 1.54) is 6.42 Å². The zero-order valence-corrected chi connectivity index (χ0v) is 9.36. The number of likely N-dealkylation sites (tertiary alicyclic amines) is 1. The van der Waals surface area contributed by atoms with E-state index in [1.807, 2.05) is 6.92 Å². The minimum absolute atomic E-state index is 0.255. The van der Waals surface area contributed by atoms with E-state index in [-0.39, 0.29) is 12.0 Å². The van der Waals surface area contributed by atoms with Crippen LogP contribution in [0.2, 0.25) is 0 Å². The van der Waals surface area contributed by atoms with Crippen molar-refractivity contribution in [2.45, 2.75) is 39.7 Å². The maximum atomic E-state index is 11.1. The van der Waals surface area contributed by atoms with Gasteiger partial charge in [0.1, 0.15) is 6.04 Å². The summed E-state index contributed by atoms with van der Waals surface area (Å²) in [5.74, 6) is 0.320. The zero-order chi connectivity index (χ0) is 10.7. The van der Waals surface area contributed by atoms with Gasteiger partial charge in [-0.2, -0.15) is 0 Å². The predicted octanol–water partition coefficient (Wildman–Crippen LogP) is 1.83. The number of hydrogen-bond donors (Lipinski definition) is 1. The Morgan fingerprint density at radius 2 is 2.07 bits per heavy atom. The number of nitrogens with zero attached hydrogens (tertiary/aromatic N) is 1. The second-order valence-electron chi connectivity index (χ2n) is 4.40. The number of hydrogen-bond acceptors (Lipinski definition) is 2. The Labute approximate surface area is 86.1 Å². The summed E-state index contributed by atoms with van der Waals surface area (Å²) in [7, 11) is 0. The lowest BCUT2D eigenvalue weighted by atomic mass is 9.89. The predicted molar refractivity (Wildman–Crippen MR) is 56.2 cm³/mol. The van der Waals surface area contributed by atoms with Crippen molar-refractivity contribution in [1.29, 1.82) is 0 Å². The van der Waals surface area contributed by atoms with Gasteiger partial charge in [-0.1, -0.05) is 33.6 Å². The maximum absolute atomic E-state index is 11.1. The highest BCUT2D eigenvalue weighted by atomic mass is 16.4. The molecule has 1 fully saturated rings. The molecule has 1 aliphatic heterocycles. The van der Waals surface area contributed by atoms with Gasteiger partial charge in [-0.3, -0.25) is 9.69 Å². The molecular weight excluding hydrogens is 178 g/mol. The molecule has 1 rings (SSSR count). The summed E-state index contributed by atoms with van der Waals surface area (Å²) in [5.41, 5.74) is 0. The van der Waals surface area contributed by atoms with Gasteiger partial charge in [0.25, 0.3) is 0 Å². The third kappa shape index (κ3) is 2.27. The average Bonchev–Trinajstić information content (AvgIpc) is 2.08.